The Kier molecular flexibility index (Phi) is 6.21. The number of non-ortho nitro benzene ring substituents is 1. The molecule has 0 aliphatic carbocycles. The fourth-order valence-electron chi connectivity index (χ4n) is 2.19. The first-order valence-electron chi connectivity index (χ1n) is 7.72. The van der Waals surface area contributed by atoms with Crippen LogP contribution in [-0.4, -0.2) is 24.0 Å². The Morgan fingerprint density at radius 1 is 1.15 bits per heavy atom. The number of carbonyl (C=O) groups excluding carboxylic acids is 2. The maximum absolute atomic E-state index is 11.9. The Balaban J connectivity index is 1.99. The van der Waals surface area contributed by atoms with E-state index in [1.165, 1.54) is 31.4 Å². The van der Waals surface area contributed by atoms with Crippen molar-refractivity contribution in [2.75, 3.05) is 7.11 Å². The molecule has 1 atom stereocenters. The molecule has 0 amide bonds. The van der Waals surface area contributed by atoms with Gasteiger partial charge in [0, 0.05) is 18.2 Å². The molecule has 0 bridgehead atoms. The molecular formula is C19H17NO6. The summed E-state index contributed by atoms with van der Waals surface area (Å²) in [5.41, 5.74) is 1.58. The third-order valence-corrected chi connectivity index (χ3v) is 3.59. The van der Waals surface area contributed by atoms with Crippen molar-refractivity contribution < 1.29 is 24.0 Å². The first kappa shape index (κ1) is 18.9. The Hall–Kier alpha value is -3.48. The highest BCUT2D eigenvalue weighted by Gasteiger charge is 2.13. The highest BCUT2D eigenvalue weighted by molar-refractivity contribution is 5.90. The van der Waals surface area contributed by atoms with Crippen molar-refractivity contribution in [1.82, 2.24) is 0 Å². The van der Waals surface area contributed by atoms with E-state index in [0.717, 1.165) is 0 Å². The molecule has 0 fully saturated rings. The molecule has 7 nitrogen and oxygen atoms in total. The minimum absolute atomic E-state index is 0.0633. The summed E-state index contributed by atoms with van der Waals surface area (Å²) in [6.07, 6.45) is 2.17. The minimum Gasteiger partial charge on any atom is -0.465 e. The molecule has 0 radical (unpaired) electrons. The number of carbonyl (C=O) groups is 2. The van der Waals surface area contributed by atoms with Gasteiger partial charge in [-0.1, -0.05) is 24.3 Å². The zero-order chi connectivity index (χ0) is 19.1. The molecule has 0 aromatic heterocycles. The fraction of sp³-hybridized carbons (Fsp3) is 0.158. The van der Waals surface area contributed by atoms with E-state index in [9.17, 15) is 19.7 Å². The average Bonchev–Trinajstić information content (AvgIpc) is 2.66. The summed E-state index contributed by atoms with van der Waals surface area (Å²) in [6.45, 7) is 1.63. The third kappa shape index (κ3) is 5.01. The third-order valence-electron chi connectivity index (χ3n) is 3.59. The highest BCUT2D eigenvalue weighted by atomic mass is 16.6. The molecule has 134 valence electrons. The molecule has 0 aliphatic rings. The van der Waals surface area contributed by atoms with Gasteiger partial charge in [-0.15, -0.1) is 0 Å². The summed E-state index contributed by atoms with van der Waals surface area (Å²) in [6, 6.07) is 12.4. The van der Waals surface area contributed by atoms with Crippen LogP contribution >= 0.6 is 0 Å². The van der Waals surface area contributed by atoms with E-state index in [1.807, 2.05) is 0 Å². The van der Waals surface area contributed by atoms with E-state index >= 15 is 0 Å². The van der Waals surface area contributed by atoms with Gasteiger partial charge in [-0.05, 0) is 36.3 Å². The number of nitro benzene ring substituents is 1. The van der Waals surface area contributed by atoms with Crippen LogP contribution < -0.4 is 0 Å². The number of hydrogen-bond donors (Lipinski definition) is 0. The summed E-state index contributed by atoms with van der Waals surface area (Å²) < 4.78 is 9.86. The number of esters is 2. The quantitative estimate of drug-likeness (QED) is 0.339. The Bertz CT molecular complexity index is 841. The summed E-state index contributed by atoms with van der Waals surface area (Å²) in [4.78, 5) is 33.6. The highest BCUT2D eigenvalue weighted by Crippen LogP contribution is 2.22. The van der Waals surface area contributed by atoms with Gasteiger partial charge in [0.25, 0.3) is 5.69 Å². The van der Waals surface area contributed by atoms with Crippen LogP contribution in [0, 0.1) is 10.1 Å². The van der Waals surface area contributed by atoms with Crippen LogP contribution in [0.15, 0.2) is 54.6 Å². The van der Waals surface area contributed by atoms with E-state index in [-0.39, 0.29) is 5.69 Å². The lowest BCUT2D eigenvalue weighted by atomic mass is 10.1. The first-order valence-corrected chi connectivity index (χ1v) is 7.72. The van der Waals surface area contributed by atoms with E-state index < -0.39 is 23.0 Å². The predicted molar refractivity (Wildman–Crippen MR) is 94.4 cm³/mol. The lowest BCUT2D eigenvalue weighted by Gasteiger charge is -2.11. The van der Waals surface area contributed by atoms with Crippen molar-refractivity contribution in [1.29, 1.82) is 0 Å². The second-order valence-electron chi connectivity index (χ2n) is 5.38. The number of benzene rings is 2. The number of nitro groups is 1. The Labute approximate surface area is 150 Å². The molecule has 26 heavy (non-hydrogen) atoms. The largest absolute Gasteiger partial charge is 0.465 e. The summed E-state index contributed by atoms with van der Waals surface area (Å²) >= 11 is 0. The topological polar surface area (TPSA) is 95.7 Å². The van der Waals surface area contributed by atoms with Crippen molar-refractivity contribution in [3.05, 3.63) is 81.4 Å². The van der Waals surface area contributed by atoms with Gasteiger partial charge in [0.1, 0.15) is 6.10 Å². The van der Waals surface area contributed by atoms with Crippen LogP contribution in [0.25, 0.3) is 6.08 Å². The Morgan fingerprint density at radius 3 is 2.46 bits per heavy atom. The number of nitrogens with zero attached hydrogens (tertiary/aromatic N) is 1. The molecule has 0 heterocycles. The molecule has 0 spiro atoms. The van der Waals surface area contributed by atoms with Crippen molar-refractivity contribution >= 4 is 23.7 Å². The predicted octanol–water partition coefficient (Wildman–Crippen LogP) is 3.70. The van der Waals surface area contributed by atoms with Gasteiger partial charge in [-0.2, -0.15) is 0 Å². The van der Waals surface area contributed by atoms with Gasteiger partial charge in [0.15, 0.2) is 0 Å². The molecule has 7 heteroatoms. The van der Waals surface area contributed by atoms with Gasteiger partial charge >= 0.3 is 11.9 Å². The second kappa shape index (κ2) is 8.57. The van der Waals surface area contributed by atoms with Crippen molar-refractivity contribution in [3.8, 4) is 0 Å². The van der Waals surface area contributed by atoms with Gasteiger partial charge in [-0.25, -0.2) is 9.59 Å². The molecule has 0 N–H and O–H groups in total. The van der Waals surface area contributed by atoms with Gasteiger partial charge in [0.05, 0.1) is 17.6 Å². The fourth-order valence-corrected chi connectivity index (χ4v) is 2.19. The van der Waals surface area contributed by atoms with Gasteiger partial charge < -0.3 is 9.47 Å². The van der Waals surface area contributed by atoms with Gasteiger partial charge in [0.2, 0.25) is 0 Å². The van der Waals surface area contributed by atoms with E-state index in [0.29, 0.717) is 16.7 Å². The van der Waals surface area contributed by atoms with Crippen molar-refractivity contribution in [3.63, 3.8) is 0 Å². The summed E-state index contributed by atoms with van der Waals surface area (Å²) in [5.74, 6) is -1.02. The number of methoxy groups -OCH3 is 1. The number of hydrogen-bond acceptors (Lipinski definition) is 6. The van der Waals surface area contributed by atoms with E-state index in [2.05, 4.69) is 4.74 Å². The number of ether oxygens (including phenoxy) is 2. The zero-order valence-electron chi connectivity index (χ0n) is 14.2. The van der Waals surface area contributed by atoms with E-state index in [1.54, 1.807) is 43.3 Å². The Morgan fingerprint density at radius 2 is 1.85 bits per heavy atom. The molecule has 2 aromatic rings. The van der Waals surface area contributed by atoms with Crippen LogP contribution in [0.1, 0.15) is 34.5 Å². The molecular weight excluding hydrogens is 338 g/mol. The lowest BCUT2D eigenvalue weighted by Crippen LogP contribution is -2.06. The zero-order valence-corrected chi connectivity index (χ0v) is 14.2. The van der Waals surface area contributed by atoms with Crippen LogP contribution in [0.4, 0.5) is 5.69 Å². The van der Waals surface area contributed by atoms with Crippen molar-refractivity contribution in [2.45, 2.75) is 13.0 Å². The summed E-state index contributed by atoms with van der Waals surface area (Å²) in [7, 11) is 1.30. The molecule has 0 saturated carbocycles. The SMILES string of the molecule is COC(=O)c1ccc(/C=C/C(=O)O[C@H](C)c2cccc([N+](=O)[O-])c2)cc1. The van der Waals surface area contributed by atoms with Gasteiger partial charge in [-0.3, -0.25) is 10.1 Å². The maximum Gasteiger partial charge on any atom is 0.337 e. The monoisotopic (exact) mass is 355 g/mol. The number of rotatable bonds is 6. The molecule has 2 rings (SSSR count). The normalized spacial score (nSPS) is 11.8. The smallest absolute Gasteiger partial charge is 0.337 e. The molecule has 2 aromatic carbocycles. The van der Waals surface area contributed by atoms with Crippen LogP contribution in [0.5, 0.6) is 0 Å². The molecule has 0 saturated heterocycles. The second-order valence-corrected chi connectivity index (χ2v) is 5.38. The molecule has 0 unspecified atom stereocenters. The standard InChI is InChI=1S/C19H17NO6/c1-13(16-4-3-5-17(12-16)20(23)24)26-18(21)11-8-14-6-9-15(10-7-14)19(22)25-2/h3-13H,1-2H3/b11-8+/t13-/m1/s1. The average molecular weight is 355 g/mol. The lowest BCUT2D eigenvalue weighted by molar-refractivity contribution is -0.385. The molecule has 0 aliphatic heterocycles. The van der Waals surface area contributed by atoms with Crippen LogP contribution in [0.3, 0.4) is 0 Å². The van der Waals surface area contributed by atoms with Crippen LogP contribution in [-0.2, 0) is 14.3 Å². The maximum atomic E-state index is 11.9. The van der Waals surface area contributed by atoms with Crippen LogP contribution in [0.2, 0.25) is 0 Å². The summed E-state index contributed by atoms with van der Waals surface area (Å²) in [5, 5.41) is 10.8. The van der Waals surface area contributed by atoms with E-state index in [4.69, 9.17) is 4.74 Å². The minimum atomic E-state index is -0.631. The van der Waals surface area contributed by atoms with Crippen molar-refractivity contribution in [2.24, 2.45) is 0 Å². The first-order chi connectivity index (χ1) is 12.4.